The van der Waals surface area contributed by atoms with E-state index < -0.39 is 32.7 Å². The molecule has 0 aromatic heterocycles. The van der Waals surface area contributed by atoms with Gasteiger partial charge < -0.3 is 5.32 Å². The molecule has 2 aromatic carbocycles. The van der Waals surface area contributed by atoms with Crippen molar-refractivity contribution in [3.63, 3.8) is 0 Å². The molecule has 0 aliphatic carbocycles. The van der Waals surface area contributed by atoms with Crippen LogP contribution in [0.2, 0.25) is 0 Å². The molecule has 0 unspecified atom stereocenters. The quantitative estimate of drug-likeness (QED) is 0.671. The summed E-state index contributed by atoms with van der Waals surface area (Å²) in [5.41, 5.74) is 2.16. The predicted octanol–water partition coefficient (Wildman–Crippen LogP) is 2.79. The number of hydrogen-bond acceptors (Lipinski definition) is 4. The van der Waals surface area contributed by atoms with Gasteiger partial charge in [-0.2, -0.15) is 4.72 Å². The maximum Gasteiger partial charge on any atom is 0.244 e. The molecule has 1 atom stereocenters. The zero-order valence-corrected chi connectivity index (χ0v) is 17.9. The van der Waals surface area contributed by atoms with Crippen molar-refractivity contribution in [2.75, 3.05) is 13.1 Å². The van der Waals surface area contributed by atoms with E-state index in [1.807, 2.05) is 12.1 Å². The second-order valence-electron chi connectivity index (χ2n) is 7.64. The minimum absolute atomic E-state index is 0.286. The average Bonchev–Trinajstić information content (AvgIpc) is 2.73. The number of nitrogens with one attached hydrogen (secondary N) is 2. The minimum atomic E-state index is -4.13. The van der Waals surface area contributed by atoms with Gasteiger partial charge in [0.2, 0.25) is 15.9 Å². The lowest BCUT2D eigenvalue weighted by Gasteiger charge is -2.26. The molecule has 2 aromatic rings. The first-order valence-corrected chi connectivity index (χ1v) is 11.7. The Morgan fingerprint density at radius 1 is 1.03 bits per heavy atom. The number of benzene rings is 2. The molecule has 3 rings (SSSR count). The van der Waals surface area contributed by atoms with Crippen LogP contribution in [0.25, 0.3) is 0 Å². The molecule has 1 fully saturated rings. The van der Waals surface area contributed by atoms with Gasteiger partial charge in [-0.3, -0.25) is 9.69 Å². The lowest BCUT2D eigenvalue weighted by molar-refractivity contribution is -0.122. The third kappa shape index (κ3) is 6.10. The van der Waals surface area contributed by atoms with E-state index in [1.54, 1.807) is 0 Å². The highest BCUT2D eigenvalue weighted by atomic mass is 32.2. The molecule has 1 amide bonds. The summed E-state index contributed by atoms with van der Waals surface area (Å²) < 4.78 is 40.6. The van der Waals surface area contributed by atoms with Crippen LogP contribution in [0.15, 0.2) is 53.4 Å². The van der Waals surface area contributed by atoms with E-state index >= 15 is 0 Å². The molecule has 0 spiro atoms. The number of rotatable bonds is 8. The van der Waals surface area contributed by atoms with E-state index in [4.69, 9.17) is 0 Å². The normalized spacial score (nSPS) is 16.2. The average molecular weight is 434 g/mol. The van der Waals surface area contributed by atoms with Crippen LogP contribution in [0.4, 0.5) is 4.39 Å². The zero-order chi connectivity index (χ0) is 21.6. The summed E-state index contributed by atoms with van der Waals surface area (Å²) in [5.74, 6) is -1.34. The summed E-state index contributed by atoms with van der Waals surface area (Å²) in [7, 11) is -4.13. The number of hydrogen-bond donors (Lipinski definition) is 2. The molecule has 1 heterocycles. The summed E-state index contributed by atoms with van der Waals surface area (Å²) in [4.78, 5) is 14.3. The molecule has 0 radical (unpaired) electrons. The predicted molar refractivity (Wildman–Crippen MR) is 114 cm³/mol. The first-order valence-electron chi connectivity index (χ1n) is 10.2. The SMILES string of the molecule is C[C@H](NS(=O)(=O)c1ccccc1F)C(=O)NCc1ccc(CN2CCCCC2)cc1. The van der Waals surface area contributed by atoms with Crippen molar-refractivity contribution < 1.29 is 17.6 Å². The third-order valence-electron chi connectivity index (χ3n) is 5.20. The summed E-state index contributed by atoms with van der Waals surface area (Å²) in [6.07, 6.45) is 3.82. The van der Waals surface area contributed by atoms with Gasteiger partial charge in [-0.15, -0.1) is 0 Å². The van der Waals surface area contributed by atoms with Crippen molar-refractivity contribution >= 4 is 15.9 Å². The summed E-state index contributed by atoms with van der Waals surface area (Å²) >= 11 is 0. The Kier molecular flexibility index (Phi) is 7.58. The number of carbonyl (C=O) groups excluding carboxylic acids is 1. The van der Waals surface area contributed by atoms with E-state index in [0.29, 0.717) is 0 Å². The number of amides is 1. The monoisotopic (exact) mass is 433 g/mol. The Morgan fingerprint density at radius 2 is 1.67 bits per heavy atom. The van der Waals surface area contributed by atoms with Crippen LogP contribution in [-0.2, 0) is 27.9 Å². The van der Waals surface area contributed by atoms with Gasteiger partial charge in [0.15, 0.2) is 0 Å². The van der Waals surface area contributed by atoms with Crippen molar-refractivity contribution in [2.24, 2.45) is 0 Å². The van der Waals surface area contributed by atoms with Gasteiger partial charge in [0, 0.05) is 13.1 Å². The first kappa shape index (κ1) is 22.4. The van der Waals surface area contributed by atoms with Gasteiger partial charge in [-0.05, 0) is 56.1 Å². The van der Waals surface area contributed by atoms with Gasteiger partial charge in [-0.25, -0.2) is 12.8 Å². The maximum atomic E-state index is 13.8. The van der Waals surface area contributed by atoms with E-state index in [-0.39, 0.29) is 6.54 Å². The van der Waals surface area contributed by atoms with Gasteiger partial charge in [0.05, 0.1) is 6.04 Å². The Bertz CT molecular complexity index is 958. The van der Waals surface area contributed by atoms with Crippen molar-refractivity contribution in [3.8, 4) is 0 Å². The number of halogens is 1. The number of likely N-dealkylation sites (tertiary alicyclic amines) is 1. The van der Waals surface area contributed by atoms with Gasteiger partial charge in [-0.1, -0.05) is 42.8 Å². The van der Waals surface area contributed by atoms with E-state index in [0.717, 1.165) is 37.3 Å². The minimum Gasteiger partial charge on any atom is -0.351 e. The van der Waals surface area contributed by atoms with Gasteiger partial charge in [0.25, 0.3) is 0 Å². The fourth-order valence-corrected chi connectivity index (χ4v) is 4.77. The highest BCUT2D eigenvalue weighted by molar-refractivity contribution is 7.89. The number of sulfonamides is 1. The number of carbonyl (C=O) groups is 1. The van der Waals surface area contributed by atoms with Crippen molar-refractivity contribution in [3.05, 3.63) is 65.5 Å². The first-order chi connectivity index (χ1) is 14.3. The second kappa shape index (κ2) is 10.1. The number of piperidine rings is 1. The molecule has 6 nitrogen and oxygen atoms in total. The lowest BCUT2D eigenvalue weighted by Crippen LogP contribution is -2.44. The van der Waals surface area contributed by atoms with Crippen LogP contribution >= 0.6 is 0 Å². The topological polar surface area (TPSA) is 78.5 Å². The fourth-order valence-electron chi connectivity index (χ4n) is 3.49. The van der Waals surface area contributed by atoms with Crippen LogP contribution in [0.5, 0.6) is 0 Å². The Hall–Kier alpha value is -2.29. The number of nitrogens with zero attached hydrogens (tertiary/aromatic N) is 1. The van der Waals surface area contributed by atoms with Crippen LogP contribution in [0.1, 0.15) is 37.3 Å². The molecule has 8 heteroatoms. The van der Waals surface area contributed by atoms with Crippen molar-refractivity contribution in [1.29, 1.82) is 0 Å². The third-order valence-corrected chi connectivity index (χ3v) is 6.77. The largest absolute Gasteiger partial charge is 0.351 e. The Morgan fingerprint density at radius 3 is 2.33 bits per heavy atom. The Balaban J connectivity index is 1.50. The second-order valence-corrected chi connectivity index (χ2v) is 9.33. The standard InChI is InChI=1S/C22H28FN3O3S/c1-17(25-30(28,29)21-8-4-3-7-20(21)23)22(27)24-15-18-9-11-19(12-10-18)16-26-13-5-2-6-14-26/h3-4,7-12,17,25H,2,5-6,13-16H2,1H3,(H,24,27)/t17-/m0/s1. The molecule has 162 valence electrons. The van der Waals surface area contributed by atoms with Crippen LogP contribution in [0, 0.1) is 5.82 Å². The van der Waals surface area contributed by atoms with Crippen LogP contribution in [-0.4, -0.2) is 38.4 Å². The Labute approximate surface area is 177 Å². The molecule has 1 saturated heterocycles. The van der Waals surface area contributed by atoms with E-state index in [2.05, 4.69) is 27.1 Å². The highest BCUT2D eigenvalue weighted by Gasteiger charge is 2.24. The molecule has 1 aliphatic heterocycles. The highest BCUT2D eigenvalue weighted by Crippen LogP contribution is 2.15. The zero-order valence-electron chi connectivity index (χ0n) is 17.1. The van der Waals surface area contributed by atoms with E-state index in [1.165, 1.54) is 43.9 Å². The fraction of sp³-hybridized carbons (Fsp3) is 0.409. The smallest absolute Gasteiger partial charge is 0.244 e. The summed E-state index contributed by atoms with van der Waals surface area (Å²) in [5, 5.41) is 2.72. The molecular formula is C22H28FN3O3S. The van der Waals surface area contributed by atoms with E-state index in [9.17, 15) is 17.6 Å². The summed E-state index contributed by atoms with van der Waals surface area (Å²) in [6.45, 7) is 4.92. The molecule has 2 N–H and O–H groups in total. The molecular weight excluding hydrogens is 405 g/mol. The lowest BCUT2D eigenvalue weighted by atomic mass is 10.1. The molecule has 0 saturated carbocycles. The van der Waals surface area contributed by atoms with Gasteiger partial charge in [0.1, 0.15) is 10.7 Å². The summed E-state index contributed by atoms with van der Waals surface area (Å²) in [6, 6.07) is 12.1. The van der Waals surface area contributed by atoms with Crippen LogP contribution in [0.3, 0.4) is 0 Å². The van der Waals surface area contributed by atoms with Crippen LogP contribution < -0.4 is 10.0 Å². The molecule has 30 heavy (non-hydrogen) atoms. The molecule has 1 aliphatic rings. The maximum absolute atomic E-state index is 13.8. The van der Waals surface area contributed by atoms with Crippen molar-refractivity contribution in [1.82, 2.24) is 14.9 Å². The van der Waals surface area contributed by atoms with Crippen molar-refractivity contribution in [2.45, 2.75) is 50.2 Å². The molecule has 0 bridgehead atoms. The van der Waals surface area contributed by atoms with Gasteiger partial charge >= 0.3 is 0 Å².